The Labute approximate surface area is 195 Å². The van der Waals surface area contributed by atoms with E-state index in [1.807, 2.05) is 48.5 Å². The van der Waals surface area contributed by atoms with E-state index < -0.39 is 0 Å². The molecule has 0 fully saturated rings. The first kappa shape index (κ1) is 21.7. The SMILES string of the molecule is Nc1ccc(OSc2ccc(C(=O)c3ccc(SOc4ccc(N)cc4)cc3)cc2)cc1. The van der Waals surface area contributed by atoms with Gasteiger partial charge in [-0.1, -0.05) is 0 Å². The third-order valence-corrected chi connectivity index (χ3v) is 5.94. The third kappa shape index (κ3) is 5.78. The topological polar surface area (TPSA) is 87.6 Å². The first-order valence-electron chi connectivity index (χ1n) is 9.72. The summed E-state index contributed by atoms with van der Waals surface area (Å²) in [5, 5.41) is 0. The van der Waals surface area contributed by atoms with Crippen LogP contribution in [-0.2, 0) is 0 Å². The van der Waals surface area contributed by atoms with Gasteiger partial charge in [-0.25, -0.2) is 0 Å². The van der Waals surface area contributed by atoms with Crippen molar-refractivity contribution in [1.82, 2.24) is 0 Å². The molecule has 0 saturated heterocycles. The molecule has 4 N–H and O–H groups in total. The quantitative estimate of drug-likeness (QED) is 0.182. The van der Waals surface area contributed by atoms with E-state index in [0.717, 1.165) is 9.79 Å². The van der Waals surface area contributed by atoms with Crippen LogP contribution >= 0.6 is 24.1 Å². The van der Waals surface area contributed by atoms with Gasteiger partial charge in [0.15, 0.2) is 5.78 Å². The summed E-state index contributed by atoms with van der Waals surface area (Å²) in [5.41, 5.74) is 13.9. The smallest absolute Gasteiger partial charge is 0.193 e. The summed E-state index contributed by atoms with van der Waals surface area (Å²) in [5.74, 6) is 1.38. The lowest BCUT2D eigenvalue weighted by Gasteiger charge is -2.07. The van der Waals surface area contributed by atoms with Crippen LogP contribution in [0.3, 0.4) is 0 Å². The zero-order valence-electron chi connectivity index (χ0n) is 16.9. The molecule has 0 spiro atoms. The van der Waals surface area contributed by atoms with Gasteiger partial charge >= 0.3 is 0 Å². The summed E-state index contributed by atoms with van der Waals surface area (Å²) >= 11 is 2.45. The first-order chi connectivity index (χ1) is 15.6. The Hall–Kier alpha value is -3.55. The molecule has 0 saturated carbocycles. The van der Waals surface area contributed by atoms with Crippen molar-refractivity contribution in [2.24, 2.45) is 0 Å². The zero-order valence-corrected chi connectivity index (χ0v) is 18.6. The molecule has 0 amide bonds. The van der Waals surface area contributed by atoms with E-state index in [-0.39, 0.29) is 5.78 Å². The molecule has 0 aliphatic heterocycles. The van der Waals surface area contributed by atoms with Crippen molar-refractivity contribution in [1.29, 1.82) is 0 Å². The van der Waals surface area contributed by atoms with Crippen molar-refractivity contribution >= 4 is 41.2 Å². The van der Waals surface area contributed by atoms with Gasteiger partial charge in [0, 0.05) is 32.3 Å². The van der Waals surface area contributed by atoms with Crippen LogP contribution in [0, 0.1) is 0 Å². The summed E-state index contributed by atoms with van der Waals surface area (Å²) in [4.78, 5) is 14.6. The molecule has 7 heteroatoms. The van der Waals surface area contributed by atoms with Gasteiger partial charge in [0.2, 0.25) is 0 Å². The van der Waals surface area contributed by atoms with E-state index in [0.29, 0.717) is 34.0 Å². The lowest BCUT2D eigenvalue weighted by molar-refractivity contribution is 0.103. The molecule has 0 aliphatic carbocycles. The molecule has 0 radical (unpaired) electrons. The number of nitrogen functional groups attached to an aromatic ring is 2. The van der Waals surface area contributed by atoms with Crippen LogP contribution in [0.4, 0.5) is 11.4 Å². The van der Waals surface area contributed by atoms with Crippen LogP contribution in [-0.4, -0.2) is 5.78 Å². The number of anilines is 2. The van der Waals surface area contributed by atoms with Gasteiger partial charge < -0.3 is 19.8 Å². The number of carbonyl (C=O) groups excluding carboxylic acids is 1. The molecule has 0 heterocycles. The highest BCUT2D eigenvalue weighted by Crippen LogP contribution is 2.27. The van der Waals surface area contributed by atoms with Crippen molar-refractivity contribution in [3.8, 4) is 11.5 Å². The molecule has 4 rings (SSSR count). The molecular formula is C25H20N2O3S2. The van der Waals surface area contributed by atoms with Gasteiger partial charge in [-0.05, 0) is 97.1 Å². The number of hydrogen-bond donors (Lipinski definition) is 2. The van der Waals surface area contributed by atoms with Crippen LogP contribution in [0.2, 0.25) is 0 Å². The molecule has 0 aliphatic rings. The van der Waals surface area contributed by atoms with Gasteiger partial charge in [0.05, 0.1) is 24.1 Å². The average molecular weight is 461 g/mol. The van der Waals surface area contributed by atoms with E-state index in [9.17, 15) is 4.79 Å². The fourth-order valence-electron chi connectivity index (χ4n) is 2.73. The summed E-state index contributed by atoms with van der Waals surface area (Å²) in [6, 6.07) is 29.0. The highest BCUT2D eigenvalue weighted by atomic mass is 32.2. The first-order valence-corrected chi connectivity index (χ1v) is 11.2. The highest BCUT2D eigenvalue weighted by Gasteiger charge is 2.10. The third-order valence-electron chi connectivity index (χ3n) is 4.46. The Morgan fingerprint density at radius 1 is 0.531 bits per heavy atom. The Balaban J connectivity index is 1.33. The van der Waals surface area contributed by atoms with Gasteiger partial charge in [-0.3, -0.25) is 4.79 Å². The molecule has 4 aromatic rings. The second kappa shape index (κ2) is 10.2. The molecule has 160 valence electrons. The standard InChI is InChI=1S/C25H20N2O3S2/c26-19-5-9-21(10-6-19)29-31-23-13-1-17(2-14-23)25(28)18-3-15-24(16-4-18)32-30-22-11-7-20(27)8-12-22/h1-16H,26-27H2. The van der Waals surface area contributed by atoms with Crippen LogP contribution in [0.5, 0.6) is 11.5 Å². The van der Waals surface area contributed by atoms with Crippen LogP contribution in [0.15, 0.2) is 107 Å². The maximum absolute atomic E-state index is 12.8. The number of rotatable bonds is 8. The fraction of sp³-hybridized carbons (Fsp3) is 0. The minimum absolute atomic E-state index is 0.0444. The lowest BCUT2D eigenvalue weighted by atomic mass is 10.0. The molecule has 0 unspecified atom stereocenters. The predicted molar refractivity (Wildman–Crippen MR) is 131 cm³/mol. The largest absolute Gasteiger partial charge is 0.421 e. The maximum atomic E-state index is 12.8. The Morgan fingerprint density at radius 2 is 0.875 bits per heavy atom. The summed E-state index contributed by atoms with van der Waals surface area (Å²) < 4.78 is 11.3. The molecule has 4 aromatic carbocycles. The van der Waals surface area contributed by atoms with E-state index in [1.165, 1.54) is 24.1 Å². The molecule has 5 nitrogen and oxygen atoms in total. The minimum Gasteiger partial charge on any atom is -0.421 e. The Bertz CT molecular complexity index is 1080. The number of nitrogens with two attached hydrogens (primary N) is 2. The Morgan fingerprint density at radius 3 is 1.22 bits per heavy atom. The predicted octanol–water partition coefficient (Wildman–Crippen LogP) is 6.25. The van der Waals surface area contributed by atoms with Gasteiger partial charge in [0.1, 0.15) is 11.5 Å². The van der Waals surface area contributed by atoms with Crippen LogP contribution in [0.25, 0.3) is 0 Å². The van der Waals surface area contributed by atoms with E-state index in [2.05, 4.69) is 0 Å². The average Bonchev–Trinajstić information content (AvgIpc) is 2.83. The second-order valence-electron chi connectivity index (χ2n) is 6.85. The molecule has 0 aromatic heterocycles. The molecule has 0 bridgehead atoms. The summed E-state index contributed by atoms with van der Waals surface area (Å²) in [7, 11) is 0. The van der Waals surface area contributed by atoms with Crippen LogP contribution < -0.4 is 19.8 Å². The normalized spacial score (nSPS) is 10.5. The van der Waals surface area contributed by atoms with E-state index >= 15 is 0 Å². The summed E-state index contributed by atoms with van der Waals surface area (Å²) in [6.07, 6.45) is 0. The lowest BCUT2D eigenvalue weighted by Crippen LogP contribution is -2.01. The molecular weight excluding hydrogens is 440 g/mol. The second-order valence-corrected chi connectivity index (χ2v) is 8.46. The highest BCUT2D eigenvalue weighted by molar-refractivity contribution is 7.95. The van der Waals surface area contributed by atoms with Gasteiger partial charge in [-0.2, -0.15) is 0 Å². The van der Waals surface area contributed by atoms with E-state index in [4.69, 9.17) is 19.8 Å². The van der Waals surface area contributed by atoms with Crippen molar-refractivity contribution in [2.75, 3.05) is 11.5 Å². The maximum Gasteiger partial charge on any atom is 0.193 e. The number of ketones is 1. The molecule has 32 heavy (non-hydrogen) atoms. The fourth-order valence-corrected chi connectivity index (χ4v) is 3.83. The van der Waals surface area contributed by atoms with Gasteiger partial charge in [-0.15, -0.1) is 0 Å². The summed E-state index contributed by atoms with van der Waals surface area (Å²) in [6.45, 7) is 0. The van der Waals surface area contributed by atoms with E-state index in [1.54, 1.807) is 48.5 Å². The number of carbonyl (C=O) groups is 1. The minimum atomic E-state index is -0.0444. The van der Waals surface area contributed by atoms with Crippen molar-refractivity contribution in [3.05, 3.63) is 108 Å². The van der Waals surface area contributed by atoms with Crippen molar-refractivity contribution < 1.29 is 13.2 Å². The van der Waals surface area contributed by atoms with Gasteiger partial charge in [0.25, 0.3) is 0 Å². The number of hydrogen-bond acceptors (Lipinski definition) is 7. The monoisotopic (exact) mass is 460 g/mol. The molecule has 0 atom stereocenters. The van der Waals surface area contributed by atoms with Crippen molar-refractivity contribution in [3.63, 3.8) is 0 Å². The Kier molecular flexibility index (Phi) is 6.89. The zero-order chi connectivity index (χ0) is 22.3. The van der Waals surface area contributed by atoms with Crippen LogP contribution in [0.1, 0.15) is 15.9 Å². The van der Waals surface area contributed by atoms with Crippen molar-refractivity contribution in [2.45, 2.75) is 9.79 Å². The number of benzene rings is 4.